The summed E-state index contributed by atoms with van der Waals surface area (Å²) >= 11 is 0. The van der Waals surface area contributed by atoms with E-state index in [4.69, 9.17) is 17.0 Å². The summed E-state index contributed by atoms with van der Waals surface area (Å²) < 4.78 is 0. The molecule has 0 aromatic heterocycles. The van der Waals surface area contributed by atoms with Gasteiger partial charge in [-0.2, -0.15) is 0 Å². The number of nitrogens with zero attached hydrogens (tertiary/aromatic N) is 1. The molecule has 15 heavy (non-hydrogen) atoms. The maximum absolute atomic E-state index is 7.07. The van der Waals surface area contributed by atoms with Crippen molar-refractivity contribution in [2.24, 2.45) is 11.6 Å². The van der Waals surface area contributed by atoms with Gasteiger partial charge in [-0.05, 0) is 6.42 Å². The van der Waals surface area contributed by atoms with Crippen molar-refractivity contribution in [2.75, 3.05) is 6.54 Å². The van der Waals surface area contributed by atoms with Crippen molar-refractivity contribution in [3.8, 4) is 0 Å². The van der Waals surface area contributed by atoms with Crippen LogP contribution >= 0.6 is 0 Å². The number of nitrogens with two attached hydrogens (primary N) is 2. The predicted octanol–water partition coefficient (Wildman–Crippen LogP) is 2.20. The minimum atomic E-state index is -0.0436. The van der Waals surface area contributed by atoms with Crippen molar-refractivity contribution in [2.45, 2.75) is 58.3 Å². The average Bonchev–Trinajstić information content (AvgIpc) is 2.21. The largest absolute Gasteiger partial charge is 0.369 e. The van der Waals surface area contributed by atoms with E-state index >= 15 is 0 Å². The zero-order valence-corrected chi connectivity index (χ0v) is 9.97. The predicted molar refractivity (Wildman–Crippen MR) is 65.4 cm³/mol. The molecule has 0 amide bonds. The van der Waals surface area contributed by atoms with E-state index in [0.717, 1.165) is 6.42 Å². The first-order chi connectivity index (χ1) is 7.18. The van der Waals surface area contributed by atoms with Crippen molar-refractivity contribution >= 4 is 5.96 Å². The minimum absolute atomic E-state index is 0.0436. The molecule has 5 N–H and O–H groups in total. The van der Waals surface area contributed by atoms with Gasteiger partial charge in [0.1, 0.15) is 0 Å². The number of unbranched alkanes of at least 4 members (excludes halogenated alkanes) is 7. The Hall–Kier alpha value is -0.770. The lowest BCUT2D eigenvalue weighted by molar-refractivity contribution is 0.409. The number of hydrogen-bond donors (Lipinski definition) is 3. The second kappa shape index (κ2) is 9.77. The van der Waals surface area contributed by atoms with Crippen molar-refractivity contribution in [1.82, 2.24) is 5.01 Å². The fourth-order valence-corrected chi connectivity index (χ4v) is 1.54. The van der Waals surface area contributed by atoms with Crippen LogP contribution in [-0.4, -0.2) is 17.5 Å². The SMILES string of the molecule is CCCCCCCCCCN(N)C(=N)N. The Morgan fingerprint density at radius 2 is 1.47 bits per heavy atom. The summed E-state index contributed by atoms with van der Waals surface area (Å²) in [6.07, 6.45) is 10.2. The van der Waals surface area contributed by atoms with Crippen LogP contribution in [0.15, 0.2) is 0 Å². The maximum atomic E-state index is 7.07. The van der Waals surface area contributed by atoms with Crippen LogP contribution in [0.3, 0.4) is 0 Å². The first-order valence-electron chi connectivity index (χ1n) is 6.04. The lowest BCUT2D eigenvalue weighted by Gasteiger charge is -2.15. The third kappa shape index (κ3) is 9.53. The number of nitrogens with one attached hydrogen (secondary N) is 1. The third-order valence-electron chi connectivity index (χ3n) is 2.56. The molecule has 0 heterocycles. The Morgan fingerprint density at radius 3 is 1.93 bits per heavy atom. The molecule has 0 aliphatic heterocycles. The summed E-state index contributed by atoms with van der Waals surface area (Å²) in [4.78, 5) is 0. The summed E-state index contributed by atoms with van der Waals surface area (Å²) in [5.41, 5.74) is 5.22. The molecule has 0 fully saturated rings. The Morgan fingerprint density at radius 1 is 1.00 bits per heavy atom. The van der Waals surface area contributed by atoms with Gasteiger partial charge in [0.15, 0.2) is 0 Å². The Labute approximate surface area is 93.5 Å². The normalized spacial score (nSPS) is 10.3. The number of rotatable bonds is 9. The second-order valence-corrected chi connectivity index (χ2v) is 4.05. The molecule has 0 unspecified atom stereocenters. The third-order valence-corrected chi connectivity index (χ3v) is 2.56. The summed E-state index contributed by atoms with van der Waals surface area (Å²) in [6.45, 7) is 2.93. The highest BCUT2D eigenvalue weighted by atomic mass is 15.4. The zero-order valence-electron chi connectivity index (χ0n) is 9.97. The van der Waals surface area contributed by atoms with Crippen LogP contribution in [0.5, 0.6) is 0 Å². The van der Waals surface area contributed by atoms with E-state index in [2.05, 4.69) is 6.92 Å². The van der Waals surface area contributed by atoms with Crippen LogP contribution in [0.25, 0.3) is 0 Å². The van der Waals surface area contributed by atoms with E-state index in [0.29, 0.717) is 6.54 Å². The standard InChI is InChI=1S/C11H26N4/c1-2-3-4-5-6-7-8-9-10-15(14)11(12)13/h2-10,14H2,1H3,(H3,12,13). The topological polar surface area (TPSA) is 79.1 Å². The number of hydrazine groups is 1. The molecular formula is C11H26N4. The molecule has 4 heteroatoms. The van der Waals surface area contributed by atoms with E-state index in [1.807, 2.05) is 0 Å². The first kappa shape index (κ1) is 14.2. The Bertz CT molecular complexity index is 159. The maximum Gasteiger partial charge on any atom is 0.202 e. The van der Waals surface area contributed by atoms with Gasteiger partial charge in [-0.1, -0.05) is 51.9 Å². The smallest absolute Gasteiger partial charge is 0.202 e. The van der Waals surface area contributed by atoms with E-state index in [1.165, 1.54) is 50.0 Å². The van der Waals surface area contributed by atoms with Crippen molar-refractivity contribution in [3.63, 3.8) is 0 Å². The van der Waals surface area contributed by atoms with Gasteiger partial charge in [0, 0.05) is 6.54 Å². The van der Waals surface area contributed by atoms with E-state index in [9.17, 15) is 0 Å². The van der Waals surface area contributed by atoms with E-state index < -0.39 is 0 Å². The lowest BCUT2D eigenvalue weighted by Crippen LogP contribution is -2.42. The van der Waals surface area contributed by atoms with Crippen molar-refractivity contribution in [3.05, 3.63) is 0 Å². The lowest BCUT2D eigenvalue weighted by atomic mass is 10.1. The summed E-state index contributed by atoms with van der Waals surface area (Å²) in [6, 6.07) is 0. The monoisotopic (exact) mass is 214 g/mol. The van der Waals surface area contributed by atoms with Gasteiger partial charge in [-0.3, -0.25) is 10.4 Å². The Balaban J connectivity index is 3.08. The van der Waals surface area contributed by atoms with Crippen molar-refractivity contribution < 1.29 is 0 Å². The molecule has 0 bridgehead atoms. The average molecular weight is 214 g/mol. The van der Waals surface area contributed by atoms with Gasteiger partial charge in [0.05, 0.1) is 0 Å². The van der Waals surface area contributed by atoms with Gasteiger partial charge in [0.25, 0.3) is 0 Å². The molecule has 0 saturated carbocycles. The highest BCUT2D eigenvalue weighted by Gasteiger charge is 1.98. The van der Waals surface area contributed by atoms with Gasteiger partial charge < -0.3 is 5.73 Å². The quantitative estimate of drug-likeness (QED) is 0.181. The molecule has 0 atom stereocenters. The molecule has 4 nitrogen and oxygen atoms in total. The van der Waals surface area contributed by atoms with Crippen LogP contribution < -0.4 is 11.6 Å². The number of hydrogen-bond acceptors (Lipinski definition) is 2. The highest BCUT2D eigenvalue weighted by Crippen LogP contribution is 2.08. The summed E-state index contributed by atoms with van der Waals surface area (Å²) in [5.74, 6) is 5.44. The second-order valence-electron chi connectivity index (χ2n) is 4.05. The van der Waals surface area contributed by atoms with Crippen LogP contribution in [0.1, 0.15) is 58.3 Å². The fraction of sp³-hybridized carbons (Fsp3) is 0.909. The molecule has 0 aromatic rings. The number of guanidine groups is 1. The van der Waals surface area contributed by atoms with E-state index in [-0.39, 0.29) is 5.96 Å². The molecule has 90 valence electrons. The molecule has 0 aliphatic rings. The van der Waals surface area contributed by atoms with Crippen LogP contribution in [0, 0.1) is 5.41 Å². The van der Waals surface area contributed by atoms with Crippen LogP contribution in [0.4, 0.5) is 0 Å². The molecule has 0 aromatic carbocycles. The minimum Gasteiger partial charge on any atom is -0.369 e. The summed E-state index contributed by atoms with van der Waals surface area (Å²) in [5, 5.41) is 8.37. The van der Waals surface area contributed by atoms with Gasteiger partial charge in [-0.15, -0.1) is 0 Å². The molecule has 0 aliphatic carbocycles. The van der Waals surface area contributed by atoms with Crippen LogP contribution in [0.2, 0.25) is 0 Å². The van der Waals surface area contributed by atoms with Gasteiger partial charge >= 0.3 is 0 Å². The van der Waals surface area contributed by atoms with Crippen molar-refractivity contribution in [1.29, 1.82) is 5.41 Å². The summed E-state index contributed by atoms with van der Waals surface area (Å²) in [7, 11) is 0. The van der Waals surface area contributed by atoms with E-state index in [1.54, 1.807) is 0 Å². The zero-order chi connectivity index (χ0) is 11.5. The highest BCUT2D eigenvalue weighted by molar-refractivity contribution is 5.73. The first-order valence-corrected chi connectivity index (χ1v) is 6.04. The van der Waals surface area contributed by atoms with Gasteiger partial charge in [-0.25, -0.2) is 5.84 Å². The molecule has 0 saturated heterocycles. The van der Waals surface area contributed by atoms with Gasteiger partial charge in [0.2, 0.25) is 5.96 Å². The molecule has 0 radical (unpaired) electrons. The fourth-order valence-electron chi connectivity index (χ4n) is 1.54. The molecule has 0 spiro atoms. The molecule has 0 rings (SSSR count). The molecular weight excluding hydrogens is 188 g/mol. The van der Waals surface area contributed by atoms with Crippen LogP contribution in [-0.2, 0) is 0 Å². The Kier molecular flexibility index (Phi) is 9.27.